The third kappa shape index (κ3) is 6.12. The maximum absolute atomic E-state index is 5.69. The van der Waals surface area contributed by atoms with E-state index in [2.05, 4.69) is 268 Å². The summed E-state index contributed by atoms with van der Waals surface area (Å²) in [4.78, 5) is 11.4. The first-order chi connectivity index (χ1) is 34.2. The van der Waals surface area contributed by atoms with Crippen molar-refractivity contribution in [1.82, 2.24) is 9.97 Å². The van der Waals surface area contributed by atoms with Crippen LogP contribution in [-0.4, -0.2) is 9.97 Å². The second-order valence-electron chi connectivity index (χ2n) is 18.4. The van der Waals surface area contributed by atoms with Crippen molar-refractivity contribution in [3.63, 3.8) is 0 Å². The van der Waals surface area contributed by atoms with Gasteiger partial charge in [0.15, 0.2) is 5.82 Å². The number of fused-ring (bicyclic) bond motifs is 5. The molecule has 0 N–H and O–H groups in total. The van der Waals surface area contributed by atoms with Crippen LogP contribution in [0, 0.1) is 6.92 Å². The lowest BCUT2D eigenvalue weighted by Crippen LogP contribution is -2.44. The Hall–Kier alpha value is -8.72. The third-order valence-corrected chi connectivity index (χ3v) is 14.9. The summed E-state index contributed by atoms with van der Waals surface area (Å²) < 4.78 is 0. The number of hydrogen-bond acceptors (Lipinski definition) is 2. The number of nitrogens with zero attached hydrogens (tertiary/aromatic N) is 2. The fourth-order valence-corrected chi connectivity index (χ4v) is 11.9. The molecule has 2 unspecified atom stereocenters. The van der Waals surface area contributed by atoms with E-state index in [-0.39, 0.29) is 0 Å². The molecule has 0 aliphatic heterocycles. The third-order valence-electron chi connectivity index (χ3n) is 14.9. The Bertz CT molecular complexity index is 3590. The van der Waals surface area contributed by atoms with Crippen molar-refractivity contribution in [1.29, 1.82) is 0 Å². The Balaban J connectivity index is 1.10. The molecule has 69 heavy (non-hydrogen) atoms. The van der Waals surface area contributed by atoms with Crippen LogP contribution in [0.1, 0.15) is 50.1 Å². The van der Waals surface area contributed by atoms with E-state index in [9.17, 15) is 0 Å². The molecule has 2 atom stereocenters. The van der Waals surface area contributed by atoms with E-state index in [0.29, 0.717) is 5.82 Å². The van der Waals surface area contributed by atoms with Crippen molar-refractivity contribution in [2.45, 2.75) is 17.8 Å². The van der Waals surface area contributed by atoms with Gasteiger partial charge in [0.05, 0.1) is 22.2 Å². The fourth-order valence-electron chi connectivity index (χ4n) is 11.9. The predicted octanol–water partition coefficient (Wildman–Crippen LogP) is 16.2. The summed E-state index contributed by atoms with van der Waals surface area (Å²) >= 11 is 0. The molecule has 2 heteroatoms. The van der Waals surface area contributed by atoms with Gasteiger partial charge in [-0.2, -0.15) is 0 Å². The highest BCUT2D eigenvalue weighted by atomic mass is 14.9. The minimum absolute atomic E-state index is 0.549. The molecule has 10 aromatic carbocycles. The van der Waals surface area contributed by atoms with Gasteiger partial charge in [0.2, 0.25) is 0 Å². The van der Waals surface area contributed by atoms with Crippen LogP contribution >= 0.6 is 0 Å². The Morgan fingerprint density at radius 3 is 1.13 bits per heavy atom. The van der Waals surface area contributed by atoms with Crippen LogP contribution in [0.3, 0.4) is 0 Å². The first-order valence-electron chi connectivity index (χ1n) is 23.9. The molecule has 0 bridgehead atoms. The predicted molar refractivity (Wildman–Crippen MR) is 283 cm³/mol. The lowest BCUT2D eigenvalue weighted by molar-refractivity contribution is 0.627. The van der Waals surface area contributed by atoms with E-state index in [1.165, 1.54) is 72.3 Å². The van der Waals surface area contributed by atoms with E-state index >= 15 is 0 Å². The van der Waals surface area contributed by atoms with Gasteiger partial charge in [0.25, 0.3) is 0 Å². The second kappa shape index (κ2) is 16.3. The van der Waals surface area contributed by atoms with Gasteiger partial charge in [-0.3, -0.25) is 0 Å². The summed E-state index contributed by atoms with van der Waals surface area (Å²) in [7, 11) is 0. The summed E-state index contributed by atoms with van der Waals surface area (Å²) in [5, 5.41) is 0. The van der Waals surface area contributed by atoms with Crippen LogP contribution in [0.25, 0.3) is 67.3 Å². The van der Waals surface area contributed by atoms with Gasteiger partial charge in [-0.25, -0.2) is 9.97 Å². The zero-order valence-corrected chi connectivity index (χ0v) is 38.2. The SMILES string of the molecule is Cc1c(-c2ccc(-c3ccccc3)cc2)nc(-c2ccccc2C2(c3ccccc3)c3ccccc3C3(c4ccccc4)c4ccccc4-c4cccc2c43)nc1-c1ccc(-c2ccccc2)cc1. The van der Waals surface area contributed by atoms with E-state index < -0.39 is 10.8 Å². The molecule has 2 aliphatic rings. The molecular formula is C67H46N2. The van der Waals surface area contributed by atoms with Gasteiger partial charge in [0, 0.05) is 22.3 Å². The van der Waals surface area contributed by atoms with Crippen LogP contribution in [-0.2, 0) is 10.8 Å². The summed E-state index contributed by atoms with van der Waals surface area (Å²) in [5.74, 6) is 0.684. The molecule has 324 valence electrons. The molecule has 0 radical (unpaired) electrons. The standard InChI is InChI=1S/C67H46N2/c1-45-63(50-41-37-48(38-42-50)46-21-6-2-7-22-46)68-65(69-64(45)51-43-39-49(40-44-51)47-23-8-3-9-24-47)56-30-15-17-33-58(56)66(52-25-10-4-11-26-52)59-34-18-19-35-60(59)67(53-27-12-5-13-28-53)57-32-16-14-29-54(57)55-31-20-36-61(66)62(55)67/h2-44H,1H3. The largest absolute Gasteiger partial charge is 0.228 e. The van der Waals surface area contributed by atoms with Crippen molar-refractivity contribution < 1.29 is 0 Å². The van der Waals surface area contributed by atoms with E-state index in [1.807, 2.05) is 0 Å². The number of hydrogen-bond donors (Lipinski definition) is 0. The number of aromatic nitrogens is 2. The Morgan fingerprint density at radius 1 is 0.261 bits per heavy atom. The lowest BCUT2D eigenvalue weighted by atomic mass is 9.51. The van der Waals surface area contributed by atoms with E-state index in [1.54, 1.807) is 0 Å². The van der Waals surface area contributed by atoms with Crippen LogP contribution in [0.2, 0.25) is 0 Å². The average Bonchev–Trinajstić information content (AvgIpc) is 3.74. The highest BCUT2D eigenvalue weighted by Crippen LogP contribution is 2.66. The molecule has 11 aromatic rings. The molecule has 0 spiro atoms. The van der Waals surface area contributed by atoms with Gasteiger partial charge in [-0.1, -0.05) is 261 Å². The summed E-state index contributed by atoms with van der Waals surface area (Å²) in [5.41, 5.74) is 21.9. The zero-order valence-electron chi connectivity index (χ0n) is 38.2. The maximum atomic E-state index is 5.69. The van der Waals surface area contributed by atoms with Crippen molar-refractivity contribution in [2.75, 3.05) is 0 Å². The fraction of sp³-hybridized carbons (Fsp3) is 0.0448. The van der Waals surface area contributed by atoms with Crippen molar-refractivity contribution in [3.8, 4) is 67.3 Å². The van der Waals surface area contributed by atoms with Gasteiger partial charge in [0.1, 0.15) is 0 Å². The Morgan fingerprint density at radius 2 is 0.609 bits per heavy atom. The lowest BCUT2D eigenvalue weighted by Gasteiger charge is -2.50. The maximum Gasteiger partial charge on any atom is 0.160 e. The van der Waals surface area contributed by atoms with Crippen molar-refractivity contribution >= 4 is 0 Å². The molecule has 2 nitrogen and oxygen atoms in total. The molecule has 0 amide bonds. The van der Waals surface area contributed by atoms with Crippen LogP contribution in [0.15, 0.2) is 261 Å². The minimum atomic E-state index is -0.774. The van der Waals surface area contributed by atoms with Crippen LogP contribution in [0.4, 0.5) is 0 Å². The van der Waals surface area contributed by atoms with Gasteiger partial charge >= 0.3 is 0 Å². The molecule has 0 saturated carbocycles. The molecule has 1 heterocycles. The summed E-state index contributed by atoms with van der Waals surface area (Å²) in [6.07, 6.45) is 0. The number of rotatable bonds is 8. The quantitative estimate of drug-likeness (QED) is 0.152. The van der Waals surface area contributed by atoms with E-state index in [4.69, 9.17) is 9.97 Å². The normalized spacial score (nSPS) is 16.3. The molecule has 1 aromatic heterocycles. The molecule has 0 saturated heterocycles. The van der Waals surface area contributed by atoms with Crippen LogP contribution in [0.5, 0.6) is 0 Å². The number of benzene rings is 10. The molecule has 0 fully saturated rings. The van der Waals surface area contributed by atoms with E-state index in [0.717, 1.165) is 39.2 Å². The first kappa shape index (κ1) is 40.5. The average molecular weight is 879 g/mol. The first-order valence-corrected chi connectivity index (χ1v) is 23.9. The molecule has 2 aliphatic carbocycles. The summed E-state index contributed by atoms with van der Waals surface area (Å²) in [6.45, 7) is 2.17. The van der Waals surface area contributed by atoms with Gasteiger partial charge in [-0.05, 0) is 84.8 Å². The Labute approximate surface area is 404 Å². The van der Waals surface area contributed by atoms with Crippen LogP contribution < -0.4 is 0 Å². The zero-order chi connectivity index (χ0) is 45.9. The van der Waals surface area contributed by atoms with Crippen molar-refractivity contribution in [3.05, 3.63) is 311 Å². The van der Waals surface area contributed by atoms with Crippen molar-refractivity contribution in [2.24, 2.45) is 0 Å². The smallest absolute Gasteiger partial charge is 0.160 e. The molecular weight excluding hydrogens is 833 g/mol. The monoisotopic (exact) mass is 878 g/mol. The van der Waals surface area contributed by atoms with Gasteiger partial charge < -0.3 is 0 Å². The highest BCUT2D eigenvalue weighted by molar-refractivity contribution is 5.93. The minimum Gasteiger partial charge on any atom is -0.228 e. The Kier molecular flexibility index (Phi) is 9.55. The highest BCUT2D eigenvalue weighted by Gasteiger charge is 2.58. The topological polar surface area (TPSA) is 25.8 Å². The summed E-state index contributed by atoms with van der Waals surface area (Å²) in [6, 6.07) is 95.4. The second-order valence-corrected chi connectivity index (χ2v) is 18.4. The molecule has 13 rings (SSSR count). The van der Waals surface area contributed by atoms with Gasteiger partial charge in [-0.15, -0.1) is 0 Å².